The molecule has 0 saturated heterocycles. The number of aromatic nitrogens is 2. The van der Waals surface area contributed by atoms with Gasteiger partial charge in [0, 0.05) is 12.4 Å². The van der Waals surface area contributed by atoms with Crippen molar-refractivity contribution in [1.82, 2.24) is 9.97 Å². The van der Waals surface area contributed by atoms with Crippen molar-refractivity contribution in [1.29, 1.82) is 0 Å². The van der Waals surface area contributed by atoms with Crippen molar-refractivity contribution in [3.8, 4) is 0 Å². The molecule has 0 aliphatic carbocycles. The number of nitrogens with two attached hydrogens (primary N) is 1. The van der Waals surface area contributed by atoms with E-state index in [0.29, 0.717) is 0 Å². The van der Waals surface area contributed by atoms with Gasteiger partial charge in [0.05, 0.1) is 20.8 Å². The zero-order valence-electron chi connectivity index (χ0n) is 7.22. The SMILES string of the molecule is NC(c1csc(I)c1)c1cnccn1. The van der Waals surface area contributed by atoms with Crippen LogP contribution in [0.25, 0.3) is 0 Å². The summed E-state index contributed by atoms with van der Waals surface area (Å²) in [7, 11) is 0. The van der Waals surface area contributed by atoms with Crippen LogP contribution in [0.4, 0.5) is 0 Å². The fourth-order valence-corrected chi connectivity index (χ4v) is 2.54. The molecule has 0 fully saturated rings. The summed E-state index contributed by atoms with van der Waals surface area (Å²) in [6.45, 7) is 0. The van der Waals surface area contributed by atoms with E-state index in [4.69, 9.17) is 5.73 Å². The molecule has 0 saturated carbocycles. The lowest BCUT2D eigenvalue weighted by Crippen LogP contribution is -2.12. The van der Waals surface area contributed by atoms with Crippen molar-refractivity contribution in [2.24, 2.45) is 5.73 Å². The Morgan fingerprint density at radius 2 is 2.29 bits per heavy atom. The third-order valence-electron chi connectivity index (χ3n) is 1.85. The van der Waals surface area contributed by atoms with Crippen molar-refractivity contribution in [2.75, 3.05) is 0 Å². The number of hydrogen-bond donors (Lipinski definition) is 1. The quantitative estimate of drug-likeness (QED) is 0.864. The Balaban J connectivity index is 2.29. The second kappa shape index (κ2) is 4.33. The third-order valence-corrected chi connectivity index (χ3v) is 3.66. The van der Waals surface area contributed by atoms with Gasteiger partial charge in [-0.25, -0.2) is 0 Å². The predicted octanol–water partition coefficient (Wildman–Crippen LogP) is 2.19. The van der Waals surface area contributed by atoms with Crippen LogP contribution in [0.1, 0.15) is 17.3 Å². The van der Waals surface area contributed by atoms with Gasteiger partial charge >= 0.3 is 0 Å². The van der Waals surface area contributed by atoms with E-state index in [2.05, 4.69) is 44.0 Å². The van der Waals surface area contributed by atoms with Gasteiger partial charge in [-0.15, -0.1) is 11.3 Å². The second-order valence-electron chi connectivity index (χ2n) is 2.79. The molecule has 0 bridgehead atoms. The minimum absolute atomic E-state index is 0.163. The topological polar surface area (TPSA) is 51.8 Å². The molecule has 0 aliphatic heterocycles. The van der Waals surface area contributed by atoms with E-state index in [-0.39, 0.29) is 6.04 Å². The van der Waals surface area contributed by atoms with Crippen LogP contribution in [0.2, 0.25) is 0 Å². The zero-order valence-corrected chi connectivity index (χ0v) is 10.2. The van der Waals surface area contributed by atoms with Crippen molar-refractivity contribution in [3.05, 3.63) is 44.2 Å². The van der Waals surface area contributed by atoms with Gasteiger partial charge in [-0.05, 0) is 39.6 Å². The standard InChI is InChI=1S/C9H8IN3S/c10-8-3-6(5-14-8)9(11)7-4-12-1-2-13-7/h1-5,9H,11H2. The van der Waals surface area contributed by atoms with Gasteiger partial charge in [-0.2, -0.15) is 0 Å². The molecular weight excluding hydrogens is 309 g/mol. The van der Waals surface area contributed by atoms with Gasteiger partial charge in [-0.1, -0.05) is 0 Å². The molecule has 0 radical (unpaired) electrons. The third kappa shape index (κ3) is 2.10. The first-order chi connectivity index (χ1) is 6.77. The molecule has 0 aliphatic rings. The van der Waals surface area contributed by atoms with Crippen LogP contribution in [0.3, 0.4) is 0 Å². The van der Waals surface area contributed by atoms with E-state index < -0.39 is 0 Å². The van der Waals surface area contributed by atoms with Crippen LogP contribution in [0.5, 0.6) is 0 Å². The maximum atomic E-state index is 6.03. The Bertz CT molecular complexity index is 415. The Morgan fingerprint density at radius 3 is 2.86 bits per heavy atom. The minimum Gasteiger partial charge on any atom is -0.319 e. The van der Waals surface area contributed by atoms with Crippen LogP contribution >= 0.6 is 33.9 Å². The highest BCUT2D eigenvalue weighted by Gasteiger charge is 2.11. The normalized spacial score (nSPS) is 12.7. The number of thiophene rings is 1. The van der Waals surface area contributed by atoms with E-state index in [0.717, 1.165) is 11.3 Å². The molecule has 0 spiro atoms. The lowest BCUT2D eigenvalue weighted by molar-refractivity contribution is 0.821. The number of halogens is 1. The molecule has 0 aromatic carbocycles. The molecule has 1 atom stereocenters. The Labute approximate surface area is 99.5 Å². The van der Waals surface area contributed by atoms with E-state index in [1.807, 2.05) is 0 Å². The van der Waals surface area contributed by atoms with E-state index in [1.165, 1.54) is 2.88 Å². The summed E-state index contributed by atoms with van der Waals surface area (Å²) in [5.41, 5.74) is 7.93. The van der Waals surface area contributed by atoms with E-state index >= 15 is 0 Å². The van der Waals surface area contributed by atoms with Crippen molar-refractivity contribution < 1.29 is 0 Å². The molecule has 0 amide bonds. The van der Waals surface area contributed by atoms with Gasteiger partial charge in [0.2, 0.25) is 0 Å². The molecule has 72 valence electrons. The molecule has 1 unspecified atom stereocenters. The first kappa shape index (κ1) is 10.0. The highest BCUT2D eigenvalue weighted by molar-refractivity contribution is 14.1. The molecule has 2 heterocycles. The fraction of sp³-hybridized carbons (Fsp3) is 0.111. The largest absolute Gasteiger partial charge is 0.319 e. The lowest BCUT2D eigenvalue weighted by atomic mass is 10.1. The van der Waals surface area contributed by atoms with Gasteiger partial charge in [0.1, 0.15) is 0 Å². The maximum absolute atomic E-state index is 6.03. The molecule has 2 rings (SSSR count). The Hall–Kier alpha value is -0.530. The predicted molar refractivity (Wildman–Crippen MR) is 65.1 cm³/mol. The molecule has 2 aromatic rings. The average molecular weight is 317 g/mol. The van der Waals surface area contributed by atoms with Crippen LogP contribution in [0, 0.1) is 2.88 Å². The fourth-order valence-electron chi connectivity index (χ4n) is 1.13. The minimum atomic E-state index is -0.163. The summed E-state index contributed by atoms with van der Waals surface area (Å²) in [5, 5.41) is 2.06. The molecule has 3 nitrogen and oxygen atoms in total. The van der Waals surface area contributed by atoms with Gasteiger partial charge in [-0.3, -0.25) is 9.97 Å². The number of nitrogens with zero attached hydrogens (tertiary/aromatic N) is 2. The Kier molecular flexibility index (Phi) is 3.09. The van der Waals surface area contributed by atoms with Crippen molar-refractivity contribution in [3.63, 3.8) is 0 Å². The van der Waals surface area contributed by atoms with Gasteiger partial charge < -0.3 is 5.73 Å². The molecule has 2 N–H and O–H groups in total. The van der Waals surface area contributed by atoms with Crippen LogP contribution in [0.15, 0.2) is 30.0 Å². The Morgan fingerprint density at radius 1 is 1.43 bits per heavy atom. The van der Waals surface area contributed by atoms with Gasteiger partial charge in [0.15, 0.2) is 0 Å². The van der Waals surface area contributed by atoms with Crippen LogP contribution < -0.4 is 5.73 Å². The summed E-state index contributed by atoms with van der Waals surface area (Å²) in [5.74, 6) is 0. The summed E-state index contributed by atoms with van der Waals surface area (Å²) in [6.07, 6.45) is 5.01. The summed E-state index contributed by atoms with van der Waals surface area (Å²) in [6, 6.07) is 1.91. The first-order valence-electron chi connectivity index (χ1n) is 4.03. The van der Waals surface area contributed by atoms with E-state index in [1.54, 1.807) is 29.9 Å². The van der Waals surface area contributed by atoms with Crippen molar-refractivity contribution in [2.45, 2.75) is 6.04 Å². The smallest absolute Gasteiger partial charge is 0.0799 e. The summed E-state index contributed by atoms with van der Waals surface area (Å²) in [4.78, 5) is 8.18. The zero-order chi connectivity index (χ0) is 9.97. The molecular formula is C9H8IN3S. The monoisotopic (exact) mass is 317 g/mol. The summed E-state index contributed by atoms with van der Waals surface area (Å²) >= 11 is 3.97. The molecule has 5 heteroatoms. The van der Waals surface area contributed by atoms with E-state index in [9.17, 15) is 0 Å². The lowest BCUT2D eigenvalue weighted by Gasteiger charge is -2.07. The van der Waals surface area contributed by atoms with Crippen molar-refractivity contribution >= 4 is 33.9 Å². The first-order valence-corrected chi connectivity index (χ1v) is 5.98. The highest BCUT2D eigenvalue weighted by Crippen LogP contribution is 2.23. The molecule has 2 aromatic heterocycles. The number of rotatable bonds is 2. The highest BCUT2D eigenvalue weighted by atomic mass is 127. The second-order valence-corrected chi connectivity index (χ2v) is 5.60. The molecule has 14 heavy (non-hydrogen) atoms. The average Bonchev–Trinajstić information content (AvgIpc) is 2.65. The number of hydrogen-bond acceptors (Lipinski definition) is 4. The van der Waals surface area contributed by atoms with Crippen LogP contribution in [-0.4, -0.2) is 9.97 Å². The van der Waals surface area contributed by atoms with Gasteiger partial charge in [0.25, 0.3) is 0 Å². The summed E-state index contributed by atoms with van der Waals surface area (Å²) < 4.78 is 1.23. The van der Waals surface area contributed by atoms with Crippen LogP contribution in [-0.2, 0) is 0 Å². The maximum Gasteiger partial charge on any atom is 0.0799 e.